The molecule has 2 nitrogen and oxygen atoms in total. The summed E-state index contributed by atoms with van der Waals surface area (Å²) >= 11 is 0. The Kier molecular flexibility index (Phi) is 9.10. The zero-order valence-corrected chi connectivity index (χ0v) is 7.73. The Morgan fingerprint density at radius 3 is 1.90 bits per heavy atom. The van der Waals surface area contributed by atoms with Gasteiger partial charge in [-0.3, -0.25) is 4.79 Å². The van der Waals surface area contributed by atoms with Crippen LogP contribution in [0.1, 0.15) is 13.3 Å². The molecule has 0 aliphatic carbocycles. The third-order valence-corrected chi connectivity index (χ3v) is 1.19. The van der Waals surface area contributed by atoms with E-state index in [1.54, 1.807) is 4.90 Å². The molecule has 1 radical (unpaired) electrons. The zero-order valence-electron chi connectivity index (χ0n) is 6.34. The van der Waals surface area contributed by atoms with Crippen LogP contribution < -0.4 is 0 Å². The van der Waals surface area contributed by atoms with Gasteiger partial charge in [-0.15, -0.1) is 13.1 Å². The first-order valence-electron chi connectivity index (χ1n) is 3.12. The van der Waals surface area contributed by atoms with Crippen molar-refractivity contribution in [3.05, 3.63) is 13.8 Å². The summed E-state index contributed by atoms with van der Waals surface area (Å²) in [5.74, 6) is 0.125. The van der Waals surface area contributed by atoms with Crippen molar-refractivity contribution in [1.29, 1.82) is 0 Å². The fourth-order valence-electron chi connectivity index (χ4n) is 0.585. The predicted octanol–water partition coefficient (Wildman–Crippen LogP) is 0.891. The smallest absolute Gasteiger partial charge is 0.403 e. The molecule has 0 spiro atoms. The maximum absolute atomic E-state index is 10.8. The molecule has 3 heteroatoms. The van der Waals surface area contributed by atoms with Gasteiger partial charge in [0.2, 0.25) is 5.91 Å². The number of rotatable bonds is 3. The van der Waals surface area contributed by atoms with E-state index in [2.05, 4.69) is 13.8 Å². The molecule has 0 saturated carbocycles. The fourth-order valence-corrected chi connectivity index (χ4v) is 0.585. The van der Waals surface area contributed by atoms with Crippen molar-refractivity contribution in [2.24, 2.45) is 0 Å². The molecule has 0 unspecified atom stereocenters. The van der Waals surface area contributed by atoms with Crippen molar-refractivity contribution in [3.63, 3.8) is 0 Å². The fraction of sp³-hybridized carbons (Fsp3) is 0.571. The second-order valence-electron chi connectivity index (χ2n) is 1.73. The summed E-state index contributed by atoms with van der Waals surface area (Å²) in [6.45, 7) is 10.1. The molecular weight excluding hydrogens is 165 g/mol. The molecule has 0 fully saturated rings. The molecule has 0 aromatic rings. The van der Waals surface area contributed by atoms with Gasteiger partial charge in [-0.25, -0.2) is 0 Å². The van der Waals surface area contributed by atoms with Crippen LogP contribution in [0.15, 0.2) is 0 Å². The number of nitrogens with zero attached hydrogens (tertiary/aromatic N) is 1. The molecule has 10 heavy (non-hydrogen) atoms. The van der Waals surface area contributed by atoms with E-state index in [9.17, 15) is 4.79 Å². The third-order valence-electron chi connectivity index (χ3n) is 1.19. The SMILES string of the molecule is [CH2-]CN(C[CH2-])C(=O)CC.[V+2]. The Hall–Kier alpha value is 0.0544. The summed E-state index contributed by atoms with van der Waals surface area (Å²) in [5.41, 5.74) is 0. The Morgan fingerprint density at radius 2 is 1.80 bits per heavy atom. The maximum atomic E-state index is 10.8. The van der Waals surface area contributed by atoms with Crippen molar-refractivity contribution >= 4 is 5.91 Å². The van der Waals surface area contributed by atoms with Crippen molar-refractivity contribution < 1.29 is 23.4 Å². The molecule has 57 valence electrons. The molecule has 0 rings (SSSR count). The van der Waals surface area contributed by atoms with Crippen LogP contribution in [0, 0.1) is 13.8 Å². The molecule has 0 aromatic heterocycles. The van der Waals surface area contributed by atoms with E-state index >= 15 is 0 Å². The van der Waals surface area contributed by atoms with Crippen LogP contribution in [0.3, 0.4) is 0 Å². The number of amides is 1. The summed E-state index contributed by atoms with van der Waals surface area (Å²) < 4.78 is 0. The molecule has 0 atom stereocenters. The Balaban J connectivity index is 0. The van der Waals surface area contributed by atoms with Crippen LogP contribution in [-0.4, -0.2) is 23.9 Å². The Bertz CT molecular complexity index is 91.6. The number of carbonyl (C=O) groups excluding carboxylic acids is 1. The van der Waals surface area contributed by atoms with Gasteiger partial charge in [0.25, 0.3) is 0 Å². The molecule has 0 heterocycles. The third kappa shape index (κ3) is 3.96. The summed E-state index contributed by atoms with van der Waals surface area (Å²) in [6.07, 6.45) is 0.547. The molecule has 0 aromatic carbocycles. The minimum absolute atomic E-state index is 0. The van der Waals surface area contributed by atoms with Crippen LogP contribution in [0.2, 0.25) is 0 Å². The largest absolute Gasteiger partial charge is 2.00 e. The topological polar surface area (TPSA) is 20.3 Å². The maximum Gasteiger partial charge on any atom is 2.00 e. The molecule has 0 bridgehead atoms. The number of hydrogen-bond donors (Lipinski definition) is 0. The van der Waals surface area contributed by atoms with Gasteiger partial charge in [0, 0.05) is 6.42 Å². The van der Waals surface area contributed by atoms with E-state index in [1.807, 2.05) is 6.92 Å². The van der Waals surface area contributed by atoms with Gasteiger partial charge < -0.3 is 18.7 Å². The van der Waals surface area contributed by atoms with E-state index in [1.165, 1.54) is 0 Å². The number of hydrogen-bond acceptors (Lipinski definition) is 1. The minimum Gasteiger partial charge on any atom is -0.403 e. The molecule has 0 aliphatic rings. The summed E-state index contributed by atoms with van der Waals surface area (Å²) in [4.78, 5) is 12.4. The summed E-state index contributed by atoms with van der Waals surface area (Å²) in [7, 11) is 0. The first-order chi connectivity index (χ1) is 4.26. The van der Waals surface area contributed by atoms with Gasteiger partial charge in [-0.1, -0.05) is 6.92 Å². The van der Waals surface area contributed by atoms with E-state index in [0.29, 0.717) is 19.5 Å². The first kappa shape index (κ1) is 12.7. The van der Waals surface area contributed by atoms with Crippen molar-refractivity contribution in [2.45, 2.75) is 13.3 Å². The van der Waals surface area contributed by atoms with E-state index in [4.69, 9.17) is 0 Å². The van der Waals surface area contributed by atoms with Gasteiger partial charge in [0.1, 0.15) is 0 Å². The average molecular weight is 178 g/mol. The van der Waals surface area contributed by atoms with Crippen LogP contribution in [0.5, 0.6) is 0 Å². The monoisotopic (exact) mass is 178 g/mol. The van der Waals surface area contributed by atoms with Gasteiger partial charge in [0.05, 0.1) is 0 Å². The number of carbonyl (C=O) groups is 1. The van der Waals surface area contributed by atoms with E-state index in [0.717, 1.165) is 0 Å². The van der Waals surface area contributed by atoms with Crippen LogP contribution in [0.25, 0.3) is 0 Å². The van der Waals surface area contributed by atoms with Gasteiger partial charge in [0.15, 0.2) is 0 Å². The molecule has 0 aliphatic heterocycles. The van der Waals surface area contributed by atoms with Crippen LogP contribution >= 0.6 is 0 Å². The quantitative estimate of drug-likeness (QED) is 0.588. The second kappa shape index (κ2) is 7.16. The van der Waals surface area contributed by atoms with Crippen molar-refractivity contribution in [2.75, 3.05) is 13.1 Å². The zero-order chi connectivity index (χ0) is 7.28. The van der Waals surface area contributed by atoms with Crippen molar-refractivity contribution in [3.8, 4) is 0 Å². The van der Waals surface area contributed by atoms with Crippen LogP contribution in [0.4, 0.5) is 0 Å². The molecular formula is C7H13NOV. The normalized spacial score (nSPS) is 8.30. The van der Waals surface area contributed by atoms with E-state index in [-0.39, 0.29) is 24.5 Å². The minimum atomic E-state index is 0. The first-order valence-corrected chi connectivity index (χ1v) is 3.12. The summed E-state index contributed by atoms with van der Waals surface area (Å²) in [6, 6.07) is 0. The molecule has 1 amide bonds. The summed E-state index contributed by atoms with van der Waals surface area (Å²) in [5, 5.41) is 0. The van der Waals surface area contributed by atoms with Crippen LogP contribution in [-0.2, 0) is 23.4 Å². The van der Waals surface area contributed by atoms with Crippen molar-refractivity contribution in [1.82, 2.24) is 4.90 Å². The van der Waals surface area contributed by atoms with Gasteiger partial charge in [-0.2, -0.15) is 0 Å². The average Bonchev–Trinajstić information content (AvgIpc) is 1.90. The molecule has 0 N–H and O–H groups in total. The Morgan fingerprint density at radius 1 is 1.40 bits per heavy atom. The van der Waals surface area contributed by atoms with Gasteiger partial charge in [-0.05, 0) is 0 Å². The Labute approximate surface area is 74.9 Å². The van der Waals surface area contributed by atoms with Gasteiger partial charge >= 0.3 is 18.6 Å². The second-order valence-corrected chi connectivity index (χ2v) is 1.73. The van der Waals surface area contributed by atoms with E-state index < -0.39 is 0 Å². The predicted molar refractivity (Wildman–Crippen MR) is 37.6 cm³/mol. The molecule has 0 saturated heterocycles. The standard InChI is InChI=1S/C7H13NO.V/c1-4-7(9)8(5-2)6-3;/h2-6H2,1H3;/q-2;+2.